The van der Waals surface area contributed by atoms with Crippen LogP contribution in [-0.4, -0.2) is 40.2 Å². The lowest BCUT2D eigenvalue weighted by atomic mass is 10.3. The SMILES string of the molecule is COCCS(=O)(=O)CCOc1ccc(N)cc1. The van der Waals surface area contributed by atoms with Crippen LogP contribution in [0.15, 0.2) is 24.3 Å². The van der Waals surface area contributed by atoms with Crippen molar-refractivity contribution in [3.8, 4) is 5.75 Å². The Bertz CT molecular complexity index is 427. The Labute approximate surface area is 101 Å². The van der Waals surface area contributed by atoms with Gasteiger partial charge in [0.05, 0.1) is 18.1 Å². The molecule has 1 aromatic rings. The zero-order chi connectivity index (χ0) is 12.7. The fourth-order valence-electron chi connectivity index (χ4n) is 1.16. The molecule has 6 heteroatoms. The van der Waals surface area contributed by atoms with Crippen molar-refractivity contribution in [3.63, 3.8) is 0 Å². The maximum absolute atomic E-state index is 11.5. The van der Waals surface area contributed by atoms with E-state index in [1.807, 2.05) is 0 Å². The zero-order valence-electron chi connectivity index (χ0n) is 9.76. The summed E-state index contributed by atoms with van der Waals surface area (Å²) in [6, 6.07) is 6.82. The van der Waals surface area contributed by atoms with Crippen LogP contribution in [0, 0.1) is 0 Å². The molecule has 0 amide bonds. The van der Waals surface area contributed by atoms with Crippen LogP contribution in [0.4, 0.5) is 5.69 Å². The fourth-order valence-corrected chi connectivity index (χ4v) is 2.12. The molecule has 1 rings (SSSR count). The molecular weight excluding hydrogens is 242 g/mol. The maximum atomic E-state index is 11.5. The van der Waals surface area contributed by atoms with Gasteiger partial charge in [0.2, 0.25) is 0 Å². The Morgan fingerprint density at radius 2 is 1.71 bits per heavy atom. The molecule has 0 unspecified atom stereocenters. The van der Waals surface area contributed by atoms with Gasteiger partial charge in [-0.3, -0.25) is 0 Å². The number of ether oxygens (including phenoxy) is 2. The third-order valence-corrected chi connectivity index (χ3v) is 3.72. The standard InChI is InChI=1S/C11H17NO4S/c1-15-6-8-17(13,14)9-7-16-11-4-2-10(12)3-5-11/h2-5H,6-9,12H2,1H3. The van der Waals surface area contributed by atoms with Gasteiger partial charge in [-0.05, 0) is 24.3 Å². The highest BCUT2D eigenvalue weighted by atomic mass is 32.2. The van der Waals surface area contributed by atoms with Crippen molar-refractivity contribution in [3.05, 3.63) is 24.3 Å². The lowest BCUT2D eigenvalue weighted by Gasteiger charge is -2.07. The Morgan fingerprint density at radius 3 is 2.29 bits per heavy atom. The number of nitrogen functional groups attached to an aromatic ring is 1. The summed E-state index contributed by atoms with van der Waals surface area (Å²) >= 11 is 0. The Hall–Kier alpha value is -1.27. The van der Waals surface area contributed by atoms with Crippen molar-refractivity contribution in [1.82, 2.24) is 0 Å². The minimum Gasteiger partial charge on any atom is -0.493 e. The molecule has 0 atom stereocenters. The third-order valence-electron chi connectivity index (χ3n) is 2.14. The highest BCUT2D eigenvalue weighted by Crippen LogP contribution is 2.12. The van der Waals surface area contributed by atoms with Crippen LogP contribution >= 0.6 is 0 Å². The van der Waals surface area contributed by atoms with Crippen LogP contribution in [0.2, 0.25) is 0 Å². The van der Waals surface area contributed by atoms with Gasteiger partial charge in [-0.25, -0.2) is 8.42 Å². The van der Waals surface area contributed by atoms with E-state index in [0.717, 1.165) is 0 Å². The van der Waals surface area contributed by atoms with E-state index < -0.39 is 9.84 Å². The predicted octanol–water partition coefficient (Wildman–Crippen LogP) is 0.709. The van der Waals surface area contributed by atoms with Crippen LogP contribution in [0.25, 0.3) is 0 Å². The first-order valence-electron chi connectivity index (χ1n) is 5.21. The molecule has 0 saturated carbocycles. The van der Waals surface area contributed by atoms with Gasteiger partial charge in [-0.2, -0.15) is 0 Å². The second kappa shape index (κ2) is 6.46. The van der Waals surface area contributed by atoms with E-state index in [1.165, 1.54) is 7.11 Å². The molecule has 0 aliphatic heterocycles. The van der Waals surface area contributed by atoms with Crippen molar-refractivity contribution in [1.29, 1.82) is 0 Å². The van der Waals surface area contributed by atoms with Gasteiger partial charge in [0.1, 0.15) is 12.4 Å². The summed E-state index contributed by atoms with van der Waals surface area (Å²) in [6.07, 6.45) is 0. The molecule has 0 heterocycles. The number of nitrogens with two attached hydrogens (primary N) is 1. The van der Waals surface area contributed by atoms with Gasteiger partial charge in [0.25, 0.3) is 0 Å². The molecule has 5 nitrogen and oxygen atoms in total. The summed E-state index contributed by atoms with van der Waals surface area (Å²) < 4.78 is 32.9. The Kier molecular flexibility index (Phi) is 5.24. The minimum absolute atomic E-state index is 0.0132. The molecule has 0 radical (unpaired) electrons. The average Bonchev–Trinajstić information content (AvgIpc) is 2.29. The van der Waals surface area contributed by atoms with E-state index in [9.17, 15) is 8.42 Å². The normalized spacial score (nSPS) is 11.4. The lowest BCUT2D eigenvalue weighted by molar-refractivity contribution is 0.217. The van der Waals surface area contributed by atoms with Gasteiger partial charge in [0, 0.05) is 12.8 Å². The smallest absolute Gasteiger partial charge is 0.155 e. The monoisotopic (exact) mass is 259 g/mol. The van der Waals surface area contributed by atoms with Gasteiger partial charge in [-0.1, -0.05) is 0 Å². The summed E-state index contributed by atoms with van der Waals surface area (Å²) in [5.41, 5.74) is 6.16. The molecule has 0 aliphatic rings. The molecule has 17 heavy (non-hydrogen) atoms. The summed E-state index contributed by atoms with van der Waals surface area (Å²) in [5, 5.41) is 0. The van der Waals surface area contributed by atoms with Crippen LogP contribution in [0.1, 0.15) is 0 Å². The Balaban J connectivity index is 2.34. The second-order valence-corrected chi connectivity index (χ2v) is 5.87. The first-order chi connectivity index (χ1) is 8.03. The minimum atomic E-state index is -3.10. The predicted molar refractivity (Wildman–Crippen MR) is 66.9 cm³/mol. The van der Waals surface area contributed by atoms with Crippen LogP contribution in [0.5, 0.6) is 5.75 Å². The number of rotatable bonds is 7. The third kappa shape index (κ3) is 5.55. The van der Waals surface area contributed by atoms with Crippen molar-refractivity contribution in [2.45, 2.75) is 0 Å². The number of benzene rings is 1. The van der Waals surface area contributed by atoms with E-state index in [-0.39, 0.29) is 24.7 Å². The van der Waals surface area contributed by atoms with Crippen LogP contribution < -0.4 is 10.5 Å². The van der Waals surface area contributed by atoms with Gasteiger partial charge >= 0.3 is 0 Å². The summed E-state index contributed by atoms with van der Waals surface area (Å²) in [4.78, 5) is 0. The van der Waals surface area contributed by atoms with E-state index in [1.54, 1.807) is 24.3 Å². The molecule has 0 fully saturated rings. The number of sulfone groups is 1. The summed E-state index contributed by atoms with van der Waals surface area (Å²) in [6.45, 7) is 0.347. The average molecular weight is 259 g/mol. The quantitative estimate of drug-likeness (QED) is 0.729. The molecule has 0 saturated heterocycles. The topological polar surface area (TPSA) is 78.6 Å². The number of anilines is 1. The first-order valence-corrected chi connectivity index (χ1v) is 7.03. The van der Waals surface area contributed by atoms with Crippen LogP contribution in [0.3, 0.4) is 0 Å². The largest absolute Gasteiger partial charge is 0.493 e. The molecule has 0 aromatic heterocycles. The molecular formula is C11H17NO4S. The highest BCUT2D eigenvalue weighted by molar-refractivity contribution is 7.91. The second-order valence-electron chi connectivity index (χ2n) is 3.56. The Morgan fingerprint density at radius 1 is 1.12 bits per heavy atom. The molecule has 1 aromatic carbocycles. The zero-order valence-corrected chi connectivity index (χ0v) is 10.6. The fraction of sp³-hybridized carbons (Fsp3) is 0.455. The van der Waals surface area contributed by atoms with Gasteiger partial charge < -0.3 is 15.2 Å². The van der Waals surface area contributed by atoms with E-state index in [4.69, 9.17) is 15.2 Å². The lowest BCUT2D eigenvalue weighted by Crippen LogP contribution is -2.19. The first kappa shape index (κ1) is 13.8. The molecule has 0 spiro atoms. The molecule has 0 bridgehead atoms. The van der Waals surface area contributed by atoms with Gasteiger partial charge in [0.15, 0.2) is 9.84 Å². The summed E-state index contributed by atoms with van der Waals surface area (Å²) in [7, 11) is -1.62. The molecule has 0 aliphatic carbocycles. The van der Waals surface area contributed by atoms with Crippen molar-refractivity contribution >= 4 is 15.5 Å². The number of methoxy groups -OCH3 is 1. The van der Waals surface area contributed by atoms with E-state index >= 15 is 0 Å². The van der Waals surface area contributed by atoms with Crippen molar-refractivity contribution in [2.24, 2.45) is 0 Å². The highest BCUT2D eigenvalue weighted by Gasteiger charge is 2.10. The molecule has 2 N–H and O–H groups in total. The maximum Gasteiger partial charge on any atom is 0.155 e. The van der Waals surface area contributed by atoms with E-state index in [2.05, 4.69) is 0 Å². The number of hydrogen-bond acceptors (Lipinski definition) is 5. The molecule has 96 valence electrons. The van der Waals surface area contributed by atoms with Gasteiger partial charge in [-0.15, -0.1) is 0 Å². The van der Waals surface area contributed by atoms with Crippen LogP contribution in [-0.2, 0) is 14.6 Å². The summed E-state index contributed by atoms with van der Waals surface area (Å²) in [5.74, 6) is 0.621. The van der Waals surface area contributed by atoms with E-state index in [0.29, 0.717) is 11.4 Å². The van der Waals surface area contributed by atoms with Crippen molar-refractivity contribution in [2.75, 3.05) is 37.6 Å². The van der Waals surface area contributed by atoms with Crippen molar-refractivity contribution < 1.29 is 17.9 Å². The number of hydrogen-bond donors (Lipinski definition) is 1.